The summed E-state index contributed by atoms with van der Waals surface area (Å²) < 4.78 is 0. The van der Waals surface area contributed by atoms with Crippen LogP contribution in [0.2, 0.25) is 6.32 Å². The van der Waals surface area contributed by atoms with Crippen LogP contribution in [-0.4, -0.2) is 48.0 Å². The van der Waals surface area contributed by atoms with Crippen LogP contribution in [0.1, 0.15) is 19.8 Å². The first-order chi connectivity index (χ1) is 12.2. The van der Waals surface area contributed by atoms with Crippen molar-refractivity contribution in [2.24, 2.45) is 11.7 Å². The molecule has 0 amide bonds. The fraction of sp³-hybridized carbons (Fsp3) is 0.600. The summed E-state index contributed by atoms with van der Waals surface area (Å²) in [6, 6.07) is 0. The van der Waals surface area contributed by atoms with E-state index in [4.69, 9.17) is 15.8 Å². The van der Waals surface area contributed by atoms with Crippen molar-refractivity contribution in [1.82, 2.24) is 16.0 Å². The largest absolute Gasteiger partial charge is 0.451 e. The molecular formula is C15H25BN6O4. The molecule has 142 valence electrons. The van der Waals surface area contributed by atoms with E-state index in [9.17, 15) is 9.59 Å². The van der Waals surface area contributed by atoms with Crippen molar-refractivity contribution in [3.05, 3.63) is 32.5 Å². The Hall–Kier alpha value is -2.08. The second kappa shape index (κ2) is 6.91. The van der Waals surface area contributed by atoms with Crippen molar-refractivity contribution in [3.8, 4) is 0 Å². The van der Waals surface area contributed by atoms with E-state index in [0.29, 0.717) is 37.3 Å². The van der Waals surface area contributed by atoms with E-state index in [1.165, 1.54) is 0 Å². The molecule has 0 radical (unpaired) electrons. The van der Waals surface area contributed by atoms with Gasteiger partial charge in [0.05, 0.1) is 6.20 Å². The predicted molar refractivity (Wildman–Crippen MR) is 99.6 cm³/mol. The predicted octanol–water partition coefficient (Wildman–Crippen LogP) is -2.15. The highest BCUT2D eigenvalue weighted by Crippen LogP contribution is 2.34. The lowest BCUT2D eigenvalue weighted by Gasteiger charge is -2.26. The first-order valence-electron chi connectivity index (χ1n) is 8.66. The van der Waals surface area contributed by atoms with Crippen molar-refractivity contribution >= 4 is 18.5 Å². The van der Waals surface area contributed by atoms with Crippen LogP contribution in [0.25, 0.3) is 0 Å². The van der Waals surface area contributed by atoms with Crippen LogP contribution in [0, 0.1) is 5.92 Å². The van der Waals surface area contributed by atoms with Crippen LogP contribution in [0.4, 0.5) is 11.4 Å². The molecule has 0 aliphatic carbocycles. The lowest BCUT2D eigenvalue weighted by Crippen LogP contribution is -2.46. The van der Waals surface area contributed by atoms with Crippen LogP contribution >= 0.6 is 0 Å². The van der Waals surface area contributed by atoms with Crippen molar-refractivity contribution < 1.29 is 10.0 Å². The molecule has 0 unspecified atom stereocenters. The number of nitrogens with two attached hydrogens (primary N) is 1. The van der Waals surface area contributed by atoms with Gasteiger partial charge in [-0.25, -0.2) is 0 Å². The highest BCUT2D eigenvalue weighted by molar-refractivity contribution is 6.40. The SMILES string of the molecule is CN1NC=C(Nc2c(N3C[C@H](CCCB(O)O)[C@@](C)(N)C3)c(=O)c2=O)N1. The number of rotatable bonds is 7. The zero-order valence-electron chi connectivity index (χ0n) is 15.0. The third-order valence-corrected chi connectivity index (χ3v) is 5.07. The molecule has 0 saturated carbocycles. The van der Waals surface area contributed by atoms with Gasteiger partial charge in [0.25, 0.3) is 10.9 Å². The third kappa shape index (κ3) is 3.56. The van der Waals surface area contributed by atoms with Crippen molar-refractivity contribution in [2.45, 2.75) is 31.6 Å². The fourth-order valence-corrected chi connectivity index (χ4v) is 3.62. The van der Waals surface area contributed by atoms with Gasteiger partial charge in [0.1, 0.15) is 17.2 Å². The first-order valence-corrected chi connectivity index (χ1v) is 8.66. The second-order valence-corrected chi connectivity index (χ2v) is 7.36. The van der Waals surface area contributed by atoms with E-state index in [1.54, 1.807) is 18.4 Å². The van der Waals surface area contributed by atoms with E-state index >= 15 is 0 Å². The maximum absolute atomic E-state index is 12.2. The lowest BCUT2D eigenvalue weighted by molar-refractivity contribution is 0.241. The second-order valence-electron chi connectivity index (χ2n) is 7.36. The molecule has 10 nitrogen and oxygen atoms in total. The van der Waals surface area contributed by atoms with Crippen LogP contribution in [0.3, 0.4) is 0 Å². The fourth-order valence-electron chi connectivity index (χ4n) is 3.62. The highest BCUT2D eigenvalue weighted by Gasteiger charge is 2.42. The average molecular weight is 364 g/mol. The summed E-state index contributed by atoms with van der Waals surface area (Å²) in [4.78, 5) is 26.0. The Morgan fingerprint density at radius 3 is 2.77 bits per heavy atom. The molecule has 7 N–H and O–H groups in total. The van der Waals surface area contributed by atoms with E-state index in [1.807, 2.05) is 11.8 Å². The van der Waals surface area contributed by atoms with Gasteiger partial charge < -0.3 is 31.4 Å². The Labute approximate surface area is 151 Å². The zero-order valence-corrected chi connectivity index (χ0v) is 15.0. The Morgan fingerprint density at radius 1 is 1.42 bits per heavy atom. The molecule has 2 atom stereocenters. The van der Waals surface area contributed by atoms with E-state index < -0.39 is 23.5 Å². The number of nitrogens with zero attached hydrogens (tertiary/aromatic N) is 2. The lowest BCUT2D eigenvalue weighted by atomic mass is 9.79. The molecular weight excluding hydrogens is 339 g/mol. The number of nitrogens with one attached hydrogen (secondary N) is 3. The highest BCUT2D eigenvalue weighted by atomic mass is 16.4. The van der Waals surface area contributed by atoms with Gasteiger partial charge in [-0.1, -0.05) is 6.42 Å². The topological polar surface area (TPSA) is 143 Å². The molecule has 11 heteroatoms. The summed E-state index contributed by atoms with van der Waals surface area (Å²) in [5.41, 5.74) is 11.3. The molecule has 1 saturated heterocycles. The minimum absolute atomic E-state index is 0.0927. The van der Waals surface area contributed by atoms with Gasteiger partial charge in [-0.15, -0.1) is 5.12 Å². The molecule has 0 spiro atoms. The van der Waals surface area contributed by atoms with E-state index in [0.717, 1.165) is 6.42 Å². The minimum atomic E-state index is -1.32. The summed E-state index contributed by atoms with van der Waals surface area (Å²) in [5.74, 6) is 0.666. The number of anilines is 2. The molecule has 2 aliphatic rings. The van der Waals surface area contributed by atoms with Gasteiger partial charge in [-0.3, -0.25) is 15.0 Å². The summed E-state index contributed by atoms with van der Waals surface area (Å²) in [6.45, 7) is 2.94. The Bertz CT molecular complexity index is 773. The molecule has 3 rings (SSSR count). The maximum Gasteiger partial charge on any atom is 0.451 e. The molecule has 0 aromatic heterocycles. The van der Waals surface area contributed by atoms with Crippen LogP contribution < -0.4 is 37.7 Å². The molecule has 0 bridgehead atoms. The smallest absolute Gasteiger partial charge is 0.427 e. The van der Waals surface area contributed by atoms with Gasteiger partial charge >= 0.3 is 7.12 Å². The first kappa shape index (κ1) is 18.7. The number of hydrogen-bond acceptors (Lipinski definition) is 10. The third-order valence-electron chi connectivity index (χ3n) is 5.07. The Kier molecular flexibility index (Phi) is 4.97. The molecule has 1 aromatic carbocycles. The quantitative estimate of drug-likeness (QED) is 0.234. The summed E-state index contributed by atoms with van der Waals surface area (Å²) in [6.07, 6.45) is 3.30. The van der Waals surface area contributed by atoms with E-state index in [-0.39, 0.29) is 11.6 Å². The van der Waals surface area contributed by atoms with Gasteiger partial charge in [-0.2, -0.15) is 0 Å². The normalized spacial score (nSPS) is 26.0. The van der Waals surface area contributed by atoms with Gasteiger partial charge in [0.2, 0.25) is 0 Å². The molecule has 26 heavy (non-hydrogen) atoms. The molecule has 2 heterocycles. The van der Waals surface area contributed by atoms with Crippen molar-refractivity contribution in [1.29, 1.82) is 0 Å². The summed E-state index contributed by atoms with van der Waals surface area (Å²) >= 11 is 0. The minimum Gasteiger partial charge on any atom is -0.427 e. The van der Waals surface area contributed by atoms with Crippen molar-refractivity contribution in [2.75, 3.05) is 30.4 Å². The maximum atomic E-state index is 12.2. The van der Waals surface area contributed by atoms with Crippen LogP contribution in [0.5, 0.6) is 0 Å². The standard InChI is InChI=1S/C15H25BN6O4/c1-15(17)8-22(7-9(15)4-3-5-16(25)26)12-11(13(23)14(12)24)19-10-6-18-21(2)20-10/h6,9,18-20,25-26H,3-5,7-8,17H2,1-2H3/t9-,15-/m0/s1. The number of hydrazine groups is 2. The van der Waals surface area contributed by atoms with Gasteiger partial charge in [0.15, 0.2) is 0 Å². The van der Waals surface area contributed by atoms with Gasteiger partial charge in [0, 0.05) is 25.7 Å². The monoisotopic (exact) mass is 364 g/mol. The van der Waals surface area contributed by atoms with E-state index in [2.05, 4.69) is 16.2 Å². The number of hydrogen-bond donors (Lipinski definition) is 6. The Balaban J connectivity index is 1.71. The van der Waals surface area contributed by atoms with Crippen LogP contribution in [0.15, 0.2) is 21.6 Å². The average Bonchev–Trinajstić information content (AvgIpc) is 3.09. The Morgan fingerprint density at radius 2 is 2.15 bits per heavy atom. The summed E-state index contributed by atoms with van der Waals surface area (Å²) in [7, 11) is 0.447. The zero-order chi connectivity index (χ0) is 19.1. The molecule has 2 aliphatic heterocycles. The molecule has 1 fully saturated rings. The van der Waals surface area contributed by atoms with Crippen molar-refractivity contribution in [3.63, 3.8) is 0 Å². The van der Waals surface area contributed by atoms with Crippen LogP contribution in [-0.2, 0) is 0 Å². The summed E-state index contributed by atoms with van der Waals surface area (Å²) in [5, 5.41) is 22.5. The molecule has 1 aromatic rings. The van der Waals surface area contributed by atoms with Gasteiger partial charge in [-0.05, 0) is 25.6 Å².